The Bertz CT molecular complexity index is 731. The van der Waals surface area contributed by atoms with Crippen molar-refractivity contribution in [1.29, 1.82) is 0 Å². The lowest BCUT2D eigenvalue weighted by atomic mass is 10.0. The van der Waals surface area contributed by atoms with Crippen LogP contribution in [0.25, 0.3) is 11.1 Å². The Balaban J connectivity index is 1.81. The molecule has 0 aromatic heterocycles. The molecular formula is C16H12N2O2. The van der Waals surface area contributed by atoms with Crippen molar-refractivity contribution in [3.05, 3.63) is 54.6 Å². The Morgan fingerprint density at radius 1 is 1.00 bits per heavy atom. The molecule has 0 amide bonds. The van der Waals surface area contributed by atoms with Crippen molar-refractivity contribution >= 4 is 17.3 Å². The third kappa shape index (κ3) is 2.23. The van der Waals surface area contributed by atoms with E-state index in [1.807, 2.05) is 30.3 Å². The van der Waals surface area contributed by atoms with Crippen LogP contribution in [-0.4, -0.2) is 5.97 Å². The first-order chi connectivity index (χ1) is 9.63. The third-order valence-corrected chi connectivity index (χ3v) is 2.99. The zero-order valence-electron chi connectivity index (χ0n) is 11.0. The second-order valence-electron chi connectivity index (χ2n) is 4.60. The van der Waals surface area contributed by atoms with Crippen molar-refractivity contribution in [3.63, 3.8) is 0 Å². The highest BCUT2D eigenvalue weighted by Crippen LogP contribution is 2.40. The van der Waals surface area contributed by atoms with Crippen molar-refractivity contribution in [3.8, 4) is 16.9 Å². The van der Waals surface area contributed by atoms with Gasteiger partial charge in [-0.15, -0.1) is 10.2 Å². The molecule has 0 saturated heterocycles. The van der Waals surface area contributed by atoms with Crippen molar-refractivity contribution < 1.29 is 9.53 Å². The minimum atomic E-state index is -0.417. The summed E-state index contributed by atoms with van der Waals surface area (Å²) in [6, 6.07) is 13.2. The monoisotopic (exact) mass is 264 g/mol. The molecule has 0 radical (unpaired) electrons. The number of rotatable bonds is 3. The standard InChI is InChI=1S/C16H12N2O2/c1-10(2)16(19)20-13-6-3-11(4-7-13)12-5-8-14-15(9-12)18-17-14/h3-9H,1H2,2H3. The molecule has 4 nitrogen and oxygen atoms in total. The topological polar surface area (TPSA) is 51.0 Å². The lowest BCUT2D eigenvalue weighted by Crippen LogP contribution is -2.07. The third-order valence-electron chi connectivity index (χ3n) is 2.99. The minimum absolute atomic E-state index is 0.377. The number of carbonyl (C=O) groups excluding carboxylic acids is 1. The fourth-order valence-electron chi connectivity index (χ4n) is 1.84. The van der Waals surface area contributed by atoms with Crippen LogP contribution in [-0.2, 0) is 4.79 Å². The number of azo groups is 1. The molecule has 2 aromatic rings. The molecule has 0 unspecified atom stereocenters. The van der Waals surface area contributed by atoms with Gasteiger partial charge in [-0.1, -0.05) is 24.8 Å². The van der Waals surface area contributed by atoms with E-state index in [1.165, 1.54) is 0 Å². The van der Waals surface area contributed by atoms with Crippen LogP contribution >= 0.6 is 0 Å². The molecule has 2 aromatic carbocycles. The van der Waals surface area contributed by atoms with Crippen LogP contribution in [0.4, 0.5) is 11.4 Å². The summed E-state index contributed by atoms with van der Waals surface area (Å²) in [6.45, 7) is 5.16. The fourth-order valence-corrected chi connectivity index (χ4v) is 1.84. The van der Waals surface area contributed by atoms with E-state index >= 15 is 0 Å². The number of benzene rings is 2. The van der Waals surface area contributed by atoms with Gasteiger partial charge in [0.25, 0.3) is 0 Å². The molecule has 0 spiro atoms. The summed E-state index contributed by atoms with van der Waals surface area (Å²) in [4.78, 5) is 11.4. The summed E-state index contributed by atoms with van der Waals surface area (Å²) in [5, 5.41) is 7.83. The van der Waals surface area contributed by atoms with Crippen LogP contribution in [0.15, 0.2) is 64.8 Å². The van der Waals surface area contributed by atoms with Gasteiger partial charge >= 0.3 is 5.97 Å². The zero-order valence-corrected chi connectivity index (χ0v) is 11.0. The molecule has 20 heavy (non-hydrogen) atoms. The summed E-state index contributed by atoms with van der Waals surface area (Å²) >= 11 is 0. The lowest BCUT2D eigenvalue weighted by molar-refractivity contribution is -0.130. The van der Waals surface area contributed by atoms with Crippen LogP contribution < -0.4 is 4.74 Å². The molecular weight excluding hydrogens is 252 g/mol. The van der Waals surface area contributed by atoms with Crippen LogP contribution in [0.2, 0.25) is 0 Å². The normalized spacial score (nSPS) is 11.4. The first-order valence-electron chi connectivity index (χ1n) is 6.17. The molecule has 1 aliphatic rings. The van der Waals surface area contributed by atoms with E-state index < -0.39 is 5.97 Å². The Kier molecular flexibility index (Phi) is 2.91. The zero-order chi connectivity index (χ0) is 14.1. The molecule has 98 valence electrons. The van der Waals surface area contributed by atoms with Gasteiger partial charge in [-0.2, -0.15) is 0 Å². The average Bonchev–Trinajstić information content (AvgIpc) is 2.41. The highest BCUT2D eigenvalue weighted by molar-refractivity contribution is 5.88. The van der Waals surface area contributed by atoms with E-state index in [1.54, 1.807) is 19.1 Å². The Morgan fingerprint density at radius 3 is 2.20 bits per heavy atom. The molecule has 0 atom stereocenters. The maximum atomic E-state index is 11.4. The molecule has 0 aliphatic carbocycles. The predicted molar refractivity (Wildman–Crippen MR) is 76.5 cm³/mol. The molecule has 0 bridgehead atoms. The molecule has 0 fully saturated rings. The minimum Gasteiger partial charge on any atom is -0.423 e. The number of hydrogen-bond acceptors (Lipinski definition) is 4. The largest absolute Gasteiger partial charge is 0.423 e. The molecule has 0 N–H and O–H groups in total. The van der Waals surface area contributed by atoms with Gasteiger partial charge in [0, 0.05) is 5.57 Å². The van der Waals surface area contributed by atoms with Gasteiger partial charge in [0.2, 0.25) is 0 Å². The molecule has 0 saturated carbocycles. The average molecular weight is 264 g/mol. The van der Waals surface area contributed by atoms with E-state index in [9.17, 15) is 4.79 Å². The van der Waals surface area contributed by atoms with Gasteiger partial charge in [-0.05, 0) is 42.3 Å². The van der Waals surface area contributed by atoms with Gasteiger partial charge < -0.3 is 4.74 Å². The summed E-state index contributed by atoms with van der Waals surface area (Å²) in [6.07, 6.45) is 0. The van der Waals surface area contributed by atoms with Gasteiger partial charge in [0.15, 0.2) is 0 Å². The van der Waals surface area contributed by atoms with E-state index in [0.29, 0.717) is 11.3 Å². The number of ether oxygens (including phenoxy) is 1. The number of fused-ring (bicyclic) bond motifs is 1. The fraction of sp³-hybridized carbons (Fsp3) is 0.0625. The SMILES string of the molecule is C=C(C)C(=O)Oc1ccc(-c2ccc3c(c2)N=N3)cc1. The Labute approximate surface area is 116 Å². The predicted octanol–water partition coefficient (Wildman–Crippen LogP) is 4.56. The van der Waals surface area contributed by atoms with Gasteiger partial charge in [0.1, 0.15) is 17.1 Å². The van der Waals surface area contributed by atoms with E-state index in [0.717, 1.165) is 22.5 Å². The summed E-state index contributed by atoms with van der Waals surface area (Å²) in [5.74, 6) is 0.0876. The van der Waals surface area contributed by atoms with Crippen LogP contribution in [0.1, 0.15) is 6.92 Å². The van der Waals surface area contributed by atoms with E-state index in [2.05, 4.69) is 16.8 Å². The number of hydrogen-bond donors (Lipinski definition) is 0. The lowest BCUT2D eigenvalue weighted by Gasteiger charge is -2.10. The molecule has 4 heteroatoms. The summed E-state index contributed by atoms with van der Waals surface area (Å²) in [7, 11) is 0. The maximum absolute atomic E-state index is 11.4. The van der Waals surface area contributed by atoms with Gasteiger partial charge in [-0.3, -0.25) is 0 Å². The van der Waals surface area contributed by atoms with Gasteiger partial charge in [-0.25, -0.2) is 4.79 Å². The number of esters is 1. The van der Waals surface area contributed by atoms with Crippen LogP contribution in [0, 0.1) is 0 Å². The van der Waals surface area contributed by atoms with Crippen molar-refractivity contribution in [1.82, 2.24) is 0 Å². The van der Waals surface area contributed by atoms with E-state index in [-0.39, 0.29) is 0 Å². The molecule has 1 aliphatic heterocycles. The first-order valence-corrected chi connectivity index (χ1v) is 6.17. The van der Waals surface area contributed by atoms with Gasteiger partial charge in [0.05, 0.1) is 0 Å². The molecule has 3 rings (SSSR count). The molecule has 1 heterocycles. The summed E-state index contributed by atoms with van der Waals surface area (Å²) < 4.78 is 5.15. The summed E-state index contributed by atoms with van der Waals surface area (Å²) in [5.41, 5.74) is 4.29. The van der Waals surface area contributed by atoms with E-state index in [4.69, 9.17) is 4.74 Å². The maximum Gasteiger partial charge on any atom is 0.338 e. The first kappa shape index (κ1) is 12.3. The Hall–Kier alpha value is -2.75. The van der Waals surface area contributed by atoms with Crippen LogP contribution in [0.3, 0.4) is 0 Å². The highest BCUT2D eigenvalue weighted by Gasteiger charge is 2.11. The highest BCUT2D eigenvalue weighted by atomic mass is 16.5. The van der Waals surface area contributed by atoms with Crippen LogP contribution in [0.5, 0.6) is 5.75 Å². The van der Waals surface area contributed by atoms with Crippen molar-refractivity contribution in [2.75, 3.05) is 0 Å². The number of nitrogens with zero attached hydrogens (tertiary/aromatic N) is 2. The second kappa shape index (κ2) is 4.74. The Morgan fingerprint density at radius 2 is 1.65 bits per heavy atom. The van der Waals surface area contributed by atoms with Crippen molar-refractivity contribution in [2.45, 2.75) is 6.92 Å². The number of carbonyl (C=O) groups is 1. The second-order valence-corrected chi connectivity index (χ2v) is 4.60. The smallest absolute Gasteiger partial charge is 0.338 e. The quantitative estimate of drug-likeness (QED) is 0.395. The van der Waals surface area contributed by atoms with Crippen molar-refractivity contribution in [2.24, 2.45) is 10.2 Å².